The summed E-state index contributed by atoms with van der Waals surface area (Å²) in [6.07, 6.45) is 42.5. The van der Waals surface area contributed by atoms with Gasteiger partial charge in [-0.05, 0) is 38.5 Å². The van der Waals surface area contributed by atoms with Crippen molar-refractivity contribution >= 4 is 19.8 Å². The quantitative estimate of drug-likeness (QED) is 0.0213. The van der Waals surface area contributed by atoms with Crippen LogP contribution in [-0.4, -0.2) is 74.9 Å². The van der Waals surface area contributed by atoms with Crippen molar-refractivity contribution < 1.29 is 42.1 Å². The van der Waals surface area contributed by atoms with Crippen LogP contribution in [0, 0.1) is 0 Å². The summed E-state index contributed by atoms with van der Waals surface area (Å²) in [5.74, 6) is -0.791. The van der Waals surface area contributed by atoms with Crippen LogP contribution in [0.15, 0.2) is 12.2 Å². The van der Waals surface area contributed by atoms with Gasteiger partial charge in [0, 0.05) is 12.8 Å². The van der Waals surface area contributed by atoms with E-state index in [-0.39, 0.29) is 25.6 Å². The van der Waals surface area contributed by atoms with Gasteiger partial charge in [-0.25, -0.2) is 4.57 Å². The first-order chi connectivity index (χ1) is 27.5. The van der Waals surface area contributed by atoms with Crippen LogP contribution in [0.4, 0.5) is 0 Å². The molecule has 0 saturated carbocycles. The molecule has 0 heterocycles. The molecule has 0 bridgehead atoms. The number of ether oxygens (including phenoxy) is 2. The summed E-state index contributed by atoms with van der Waals surface area (Å²) >= 11 is 0. The molecule has 10 heteroatoms. The summed E-state index contributed by atoms with van der Waals surface area (Å²) < 4.78 is 34.4. The summed E-state index contributed by atoms with van der Waals surface area (Å²) in [4.78, 5) is 35.4. The number of hydrogen-bond donors (Lipinski definition) is 1. The summed E-state index contributed by atoms with van der Waals surface area (Å²) in [7, 11) is 1.49. The van der Waals surface area contributed by atoms with E-state index in [2.05, 4.69) is 26.0 Å². The number of unbranched alkanes of at least 4 members (excludes halogenated alkanes) is 28. The van der Waals surface area contributed by atoms with Crippen LogP contribution in [0.2, 0.25) is 0 Å². The number of carbonyl (C=O) groups excluding carboxylic acids is 2. The standard InChI is InChI=1S/C47H92NO8P/c1-6-8-10-12-14-16-18-20-22-24-26-28-30-32-34-36-38-40-47(50)56-45(44-55-57(51,52)54-42-41-48(3,4)5)43-53-46(49)39-37-35-33-31-29-27-25-23-21-19-17-15-13-11-9-7-2/h20,22,45H,6-19,21,23-44H2,1-5H3/p+1/b22-20-/t45-/m1/s1. The van der Waals surface area contributed by atoms with Gasteiger partial charge in [0.25, 0.3) is 0 Å². The number of hydrogen-bond acceptors (Lipinski definition) is 7. The van der Waals surface area contributed by atoms with Gasteiger partial charge in [0.1, 0.15) is 19.8 Å². The van der Waals surface area contributed by atoms with E-state index in [1.165, 1.54) is 148 Å². The Kier molecular flexibility index (Phi) is 39.3. The fraction of sp³-hybridized carbons (Fsp3) is 0.915. The Bertz CT molecular complexity index is 985. The van der Waals surface area contributed by atoms with Gasteiger partial charge in [-0.2, -0.15) is 0 Å². The van der Waals surface area contributed by atoms with Crippen molar-refractivity contribution in [2.45, 2.75) is 232 Å². The summed E-state index contributed by atoms with van der Waals surface area (Å²) in [6.45, 7) is 4.45. The second-order valence-corrected chi connectivity index (χ2v) is 19.0. The highest BCUT2D eigenvalue weighted by Crippen LogP contribution is 2.43. The van der Waals surface area contributed by atoms with Gasteiger partial charge in [0.15, 0.2) is 6.10 Å². The fourth-order valence-electron chi connectivity index (χ4n) is 6.77. The Balaban J connectivity index is 4.28. The van der Waals surface area contributed by atoms with E-state index in [4.69, 9.17) is 18.5 Å². The number of carbonyl (C=O) groups is 2. The minimum atomic E-state index is -4.37. The van der Waals surface area contributed by atoms with Crippen molar-refractivity contribution in [2.75, 3.05) is 47.5 Å². The maximum atomic E-state index is 12.7. The molecule has 0 radical (unpaired) electrons. The monoisotopic (exact) mass is 831 g/mol. The fourth-order valence-corrected chi connectivity index (χ4v) is 7.52. The lowest BCUT2D eigenvalue weighted by Crippen LogP contribution is -2.37. The largest absolute Gasteiger partial charge is 0.472 e. The molecule has 0 aromatic heterocycles. The average molecular weight is 831 g/mol. The van der Waals surface area contributed by atoms with E-state index in [0.29, 0.717) is 23.9 Å². The van der Waals surface area contributed by atoms with Crippen LogP contribution in [0.1, 0.15) is 226 Å². The molecule has 0 aliphatic carbocycles. The maximum absolute atomic E-state index is 12.7. The van der Waals surface area contributed by atoms with E-state index in [1.807, 2.05) is 21.1 Å². The Morgan fingerprint density at radius 3 is 1.30 bits per heavy atom. The zero-order chi connectivity index (χ0) is 42.1. The molecule has 0 spiro atoms. The van der Waals surface area contributed by atoms with Crippen molar-refractivity contribution in [1.82, 2.24) is 0 Å². The van der Waals surface area contributed by atoms with Crippen LogP contribution in [0.3, 0.4) is 0 Å². The normalized spacial score (nSPS) is 13.6. The number of allylic oxidation sites excluding steroid dienone is 2. The van der Waals surface area contributed by atoms with Gasteiger partial charge in [0.05, 0.1) is 27.7 Å². The van der Waals surface area contributed by atoms with Crippen LogP contribution < -0.4 is 0 Å². The molecule has 0 rings (SSSR count). The number of phosphoric ester groups is 1. The molecule has 0 fully saturated rings. The second kappa shape index (κ2) is 40.2. The predicted octanol–water partition coefficient (Wildman–Crippen LogP) is 13.8. The molecule has 9 nitrogen and oxygen atoms in total. The molecule has 338 valence electrons. The molecule has 0 saturated heterocycles. The summed E-state index contributed by atoms with van der Waals surface area (Å²) in [5.41, 5.74) is 0. The third-order valence-corrected chi connectivity index (χ3v) is 11.5. The van der Waals surface area contributed by atoms with E-state index >= 15 is 0 Å². The van der Waals surface area contributed by atoms with Crippen molar-refractivity contribution in [3.8, 4) is 0 Å². The van der Waals surface area contributed by atoms with Crippen LogP contribution >= 0.6 is 7.82 Å². The lowest BCUT2D eigenvalue weighted by atomic mass is 10.0. The molecular weight excluding hydrogens is 737 g/mol. The second-order valence-electron chi connectivity index (χ2n) is 17.5. The Morgan fingerprint density at radius 2 is 0.895 bits per heavy atom. The smallest absolute Gasteiger partial charge is 0.462 e. The third kappa shape index (κ3) is 44.1. The molecule has 0 aliphatic heterocycles. The molecule has 0 aromatic rings. The number of esters is 2. The molecule has 0 amide bonds. The molecule has 0 aliphatic rings. The van der Waals surface area contributed by atoms with Crippen LogP contribution in [-0.2, 0) is 32.7 Å². The van der Waals surface area contributed by atoms with Gasteiger partial charge in [-0.15, -0.1) is 0 Å². The first-order valence-electron chi connectivity index (χ1n) is 23.9. The van der Waals surface area contributed by atoms with Gasteiger partial charge in [-0.1, -0.05) is 187 Å². The zero-order valence-electron chi connectivity index (χ0n) is 38.1. The Morgan fingerprint density at radius 1 is 0.526 bits per heavy atom. The first kappa shape index (κ1) is 55.8. The first-order valence-corrected chi connectivity index (χ1v) is 25.4. The van der Waals surface area contributed by atoms with Crippen molar-refractivity contribution in [2.24, 2.45) is 0 Å². The van der Waals surface area contributed by atoms with E-state index in [1.54, 1.807) is 0 Å². The van der Waals surface area contributed by atoms with Gasteiger partial charge < -0.3 is 18.9 Å². The SMILES string of the molecule is CCCCCCCC/C=C\CCCCCCCCCC(=O)O[C@H](COC(=O)CCCCCCCCCCCCCCCCCC)COP(=O)(O)OCC[N+](C)(C)C. The number of nitrogens with zero attached hydrogens (tertiary/aromatic N) is 1. The van der Waals surface area contributed by atoms with Crippen molar-refractivity contribution in [1.29, 1.82) is 0 Å². The number of quaternary nitrogens is 1. The lowest BCUT2D eigenvalue weighted by Gasteiger charge is -2.24. The van der Waals surface area contributed by atoms with Crippen molar-refractivity contribution in [3.05, 3.63) is 12.2 Å². The minimum Gasteiger partial charge on any atom is -0.462 e. The highest BCUT2D eigenvalue weighted by atomic mass is 31.2. The molecular formula is C47H93NO8P+. The maximum Gasteiger partial charge on any atom is 0.472 e. The predicted molar refractivity (Wildman–Crippen MR) is 238 cm³/mol. The number of rotatable bonds is 44. The van der Waals surface area contributed by atoms with E-state index < -0.39 is 26.5 Å². The Labute approximate surface area is 352 Å². The molecule has 57 heavy (non-hydrogen) atoms. The zero-order valence-corrected chi connectivity index (χ0v) is 39.0. The Hall–Kier alpha value is -1.25. The summed E-state index contributed by atoms with van der Waals surface area (Å²) in [6, 6.07) is 0. The van der Waals surface area contributed by atoms with Gasteiger partial charge >= 0.3 is 19.8 Å². The lowest BCUT2D eigenvalue weighted by molar-refractivity contribution is -0.870. The van der Waals surface area contributed by atoms with E-state index in [0.717, 1.165) is 44.9 Å². The number of likely N-dealkylation sites (N-methyl/N-ethyl adjacent to an activating group) is 1. The van der Waals surface area contributed by atoms with Crippen molar-refractivity contribution in [3.63, 3.8) is 0 Å². The summed E-state index contributed by atoms with van der Waals surface area (Å²) in [5, 5.41) is 0. The topological polar surface area (TPSA) is 108 Å². The highest BCUT2D eigenvalue weighted by Gasteiger charge is 2.27. The average Bonchev–Trinajstić information content (AvgIpc) is 3.16. The van der Waals surface area contributed by atoms with Gasteiger partial charge in [-0.3, -0.25) is 18.6 Å². The van der Waals surface area contributed by atoms with E-state index in [9.17, 15) is 19.0 Å². The minimum absolute atomic E-state index is 0.0341. The van der Waals surface area contributed by atoms with Gasteiger partial charge in [0.2, 0.25) is 0 Å². The number of phosphoric acid groups is 1. The van der Waals surface area contributed by atoms with Crippen LogP contribution in [0.25, 0.3) is 0 Å². The highest BCUT2D eigenvalue weighted by molar-refractivity contribution is 7.47. The molecule has 1 N–H and O–H groups in total. The molecule has 2 atom stereocenters. The third-order valence-electron chi connectivity index (χ3n) is 10.5. The molecule has 1 unspecified atom stereocenters. The molecule has 0 aromatic carbocycles. The van der Waals surface area contributed by atoms with Crippen LogP contribution in [0.5, 0.6) is 0 Å².